The molecule has 102 valence electrons. The predicted molar refractivity (Wildman–Crippen MR) is 74.4 cm³/mol. The molecule has 0 spiro atoms. The van der Waals surface area contributed by atoms with Gasteiger partial charge in [0.05, 0.1) is 10.6 Å². The second kappa shape index (κ2) is 5.35. The summed E-state index contributed by atoms with van der Waals surface area (Å²) in [5.74, 6) is -0.513. The van der Waals surface area contributed by atoms with Gasteiger partial charge in [0.25, 0.3) is 11.6 Å². The van der Waals surface area contributed by atoms with Crippen molar-refractivity contribution in [2.24, 2.45) is 0 Å². The standard InChI is InChI=1S/C13H12N4O3/c1-8-4-5-9(7-11(8)17(19)20)16-13(18)12-10(14)3-2-6-15-12/h2-7H,14H2,1H3,(H,16,18). The molecule has 1 amide bonds. The minimum Gasteiger partial charge on any atom is -0.397 e. The second-order valence-electron chi connectivity index (χ2n) is 4.15. The highest BCUT2D eigenvalue weighted by Gasteiger charge is 2.15. The maximum atomic E-state index is 12.0. The van der Waals surface area contributed by atoms with Crippen molar-refractivity contribution in [2.75, 3.05) is 11.1 Å². The number of nitrogens with two attached hydrogens (primary N) is 1. The first-order chi connectivity index (χ1) is 9.49. The quantitative estimate of drug-likeness (QED) is 0.656. The van der Waals surface area contributed by atoms with E-state index in [4.69, 9.17) is 5.73 Å². The van der Waals surface area contributed by atoms with Crippen LogP contribution in [0, 0.1) is 17.0 Å². The summed E-state index contributed by atoms with van der Waals surface area (Å²) in [6.45, 7) is 1.63. The van der Waals surface area contributed by atoms with E-state index < -0.39 is 10.8 Å². The van der Waals surface area contributed by atoms with Crippen molar-refractivity contribution in [1.82, 2.24) is 4.98 Å². The van der Waals surface area contributed by atoms with E-state index in [9.17, 15) is 14.9 Å². The van der Waals surface area contributed by atoms with Gasteiger partial charge in [-0.15, -0.1) is 0 Å². The molecule has 0 unspecified atom stereocenters. The number of carbonyl (C=O) groups excluding carboxylic acids is 1. The van der Waals surface area contributed by atoms with E-state index >= 15 is 0 Å². The smallest absolute Gasteiger partial charge is 0.276 e. The molecule has 1 heterocycles. The first kappa shape index (κ1) is 13.5. The number of nitrogens with one attached hydrogen (secondary N) is 1. The molecule has 0 aliphatic heterocycles. The average Bonchev–Trinajstić information content (AvgIpc) is 2.41. The first-order valence-electron chi connectivity index (χ1n) is 5.76. The molecular weight excluding hydrogens is 260 g/mol. The molecule has 0 bridgehead atoms. The molecule has 2 rings (SSSR count). The van der Waals surface area contributed by atoms with Crippen LogP contribution in [0.5, 0.6) is 0 Å². The lowest BCUT2D eigenvalue weighted by Crippen LogP contribution is -2.15. The summed E-state index contributed by atoms with van der Waals surface area (Å²) in [4.78, 5) is 26.2. The molecular formula is C13H12N4O3. The molecule has 0 radical (unpaired) electrons. The highest BCUT2D eigenvalue weighted by atomic mass is 16.6. The van der Waals surface area contributed by atoms with Crippen LogP contribution in [0.4, 0.5) is 17.1 Å². The molecule has 0 aliphatic rings. The summed E-state index contributed by atoms with van der Waals surface area (Å²) in [7, 11) is 0. The normalized spacial score (nSPS) is 10.1. The van der Waals surface area contributed by atoms with E-state index in [1.165, 1.54) is 12.3 Å². The number of benzene rings is 1. The molecule has 1 aromatic heterocycles. The lowest BCUT2D eigenvalue weighted by Gasteiger charge is -2.07. The van der Waals surface area contributed by atoms with Crippen LogP contribution in [0.15, 0.2) is 36.5 Å². The number of hydrogen-bond acceptors (Lipinski definition) is 5. The van der Waals surface area contributed by atoms with Gasteiger partial charge in [0, 0.05) is 23.5 Å². The van der Waals surface area contributed by atoms with Crippen LogP contribution in [0.1, 0.15) is 16.1 Å². The Bertz CT molecular complexity index is 685. The number of carbonyl (C=O) groups is 1. The van der Waals surface area contributed by atoms with Crippen LogP contribution in [-0.4, -0.2) is 15.8 Å². The van der Waals surface area contributed by atoms with Crippen molar-refractivity contribution in [1.29, 1.82) is 0 Å². The molecule has 0 aliphatic carbocycles. The van der Waals surface area contributed by atoms with Crippen LogP contribution >= 0.6 is 0 Å². The number of nitrogens with zero attached hydrogens (tertiary/aromatic N) is 2. The van der Waals surface area contributed by atoms with Gasteiger partial charge in [0.1, 0.15) is 0 Å². The van der Waals surface area contributed by atoms with Gasteiger partial charge < -0.3 is 11.1 Å². The van der Waals surface area contributed by atoms with Gasteiger partial charge in [-0.05, 0) is 25.1 Å². The fourth-order valence-corrected chi connectivity index (χ4v) is 1.68. The van der Waals surface area contributed by atoms with E-state index in [-0.39, 0.29) is 17.1 Å². The highest BCUT2D eigenvalue weighted by Crippen LogP contribution is 2.22. The molecule has 7 heteroatoms. The van der Waals surface area contributed by atoms with Crippen LogP contribution in [-0.2, 0) is 0 Å². The first-order valence-corrected chi connectivity index (χ1v) is 5.76. The summed E-state index contributed by atoms with van der Waals surface area (Å²) >= 11 is 0. The van der Waals surface area contributed by atoms with E-state index in [0.29, 0.717) is 11.3 Å². The number of hydrogen-bond donors (Lipinski definition) is 2. The predicted octanol–water partition coefficient (Wildman–Crippen LogP) is 2.13. The highest BCUT2D eigenvalue weighted by molar-refractivity contribution is 6.06. The number of aryl methyl sites for hydroxylation is 1. The summed E-state index contributed by atoms with van der Waals surface area (Å²) in [6, 6.07) is 7.61. The number of nitro groups is 1. The molecule has 0 saturated carbocycles. The summed E-state index contributed by atoms with van der Waals surface area (Å²) in [5, 5.41) is 13.4. The van der Waals surface area contributed by atoms with Gasteiger partial charge in [0.2, 0.25) is 0 Å². The Hall–Kier alpha value is -2.96. The maximum Gasteiger partial charge on any atom is 0.276 e. The molecule has 3 N–H and O–H groups in total. The van der Waals surface area contributed by atoms with Crippen LogP contribution in [0.2, 0.25) is 0 Å². The van der Waals surface area contributed by atoms with Crippen molar-refractivity contribution in [3.8, 4) is 0 Å². The average molecular weight is 272 g/mol. The minimum atomic E-state index is -0.513. The third-order valence-electron chi connectivity index (χ3n) is 2.72. The fourth-order valence-electron chi connectivity index (χ4n) is 1.68. The van der Waals surface area contributed by atoms with Crippen molar-refractivity contribution >= 4 is 23.0 Å². The molecule has 2 aromatic rings. The Morgan fingerprint density at radius 1 is 1.40 bits per heavy atom. The van der Waals surface area contributed by atoms with Crippen LogP contribution in [0.25, 0.3) is 0 Å². The second-order valence-corrected chi connectivity index (χ2v) is 4.15. The molecule has 1 aromatic carbocycles. The van der Waals surface area contributed by atoms with E-state index in [1.807, 2.05) is 0 Å². The van der Waals surface area contributed by atoms with E-state index in [0.717, 1.165) is 0 Å². The van der Waals surface area contributed by atoms with Crippen LogP contribution in [0.3, 0.4) is 0 Å². The van der Waals surface area contributed by atoms with Crippen molar-refractivity contribution in [3.63, 3.8) is 0 Å². The number of rotatable bonds is 3. The van der Waals surface area contributed by atoms with Gasteiger partial charge in [-0.3, -0.25) is 14.9 Å². The number of aromatic nitrogens is 1. The minimum absolute atomic E-state index is 0.0585. The van der Waals surface area contributed by atoms with E-state index in [1.54, 1.807) is 31.2 Å². The molecule has 0 fully saturated rings. The zero-order valence-electron chi connectivity index (χ0n) is 10.7. The number of amides is 1. The van der Waals surface area contributed by atoms with Crippen molar-refractivity contribution < 1.29 is 9.72 Å². The molecule has 0 atom stereocenters. The summed E-state index contributed by atoms with van der Waals surface area (Å²) in [5.41, 5.74) is 6.74. The van der Waals surface area contributed by atoms with Gasteiger partial charge in [0.15, 0.2) is 5.69 Å². The Labute approximate surface area is 114 Å². The molecule has 0 saturated heterocycles. The number of anilines is 2. The van der Waals surface area contributed by atoms with Gasteiger partial charge >= 0.3 is 0 Å². The number of nitro benzene ring substituents is 1. The van der Waals surface area contributed by atoms with Gasteiger partial charge in [-0.2, -0.15) is 0 Å². The largest absolute Gasteiger partial charge is 0.397 e. The van der Waals surface area contributed by atoms with E-state index in [2.05, 4.69) is 10.3 Å². The Morgan fingerprint density at radius 2 is 2.15 bits per heavy atom. The molecule has 20 heavy (non-hydrogen) atoms. The summed E-state index contributed by atoms with van der Waals surface area (Å²) in [6.07, 6.45) is 1.45. The lowest BCUT2D eigenvalue weighted by molar-refractivity contribution is -0.385. The zero-order valence-corrected chi connectivity index (χ0v) is 10.7. The molecule has 7 nitrogen and oxygen atoms in total. The zero-order chi connectivity index (χ0) is 14.7. The lowest BCUT2D eigenvalue weighted by atomic mass is 10.2. The Kier molecular flexibility index (Phi) is 3.60. The fraction of sp³-hybridized carbons (Fsp3) is 0.0769. The monoisotopic (exact) mass is 272 g/mol. The van der Waals surface area contributed by atoms with Crippen molar-refractivity contribution in [3.05, 3.63) is 57.9 Å². The summed E-state index contributed by atoms with van der Waals surface area (Å²) < 4.78 is 0. The van der Waals surface area contributed by atoms with Gasteiger partial charge in [-0.25, -0.2) is 4.98 Å². The third-order valence-corrected chi connectivity index (χ3v) is 2.72. The van der Waals surface area contributed by atoms with Crippen LogP contribution < -0.4 is 11.1 Å². The number of nitrogen functional groups attached to an aromatic ring is 1. The third kappa shape index (κ3) is 2.72. The SMILES string of the molecule is Cc1ccc(NC(=O)c2ncccc2N)cc1[N+](=O)[O-]. The van der Waals surface area contributed by atoms with Gasteiger partial charge in [-0.1, -0.05) is 6.07 Å². The van der Waals surface area contributed by atoms with Crippen molar-refractivity contribution in [2.45, 2.75) is 6.92 Å². The Morgan fingerprint density at radius 3 is 2.80 bits per heavy atom. The Balaban J connectivity index is 2.27. The number of pyridine rings is 1. The topological polar surface area (TPSA) is 111 Å². The maximum absolute atomic E-state index is 12.0.